The Balaban J connectivity index is 2.95. The van der Waals surface area contributed by atoms with Crippen molar-refractivity contribution in [2.75, 3.05) is 19.8 Å². The molecule has 1 saturated heterocycles. The fraction of sp³-hybridized carbons (Fsp3) is 0.889. The van der Waals surface area contributed by atoms with Gasteiger partial charge in [0.25, 0.3) is 0 Å². The number of rotatable bonds is 11. The molecule has 152 valence electrons. The Hall–Kier alpha value is -0.700. The van der Waals surface area contributed by atoms with Crippen molar-refractivity contribution in [1.82, 2.24) is 0 Å². The lowest BCUT2D eigenvalue weighted by atomic mass is 9.99. The standard InChI is InChI=1S/C18H31BrO7/c1-5-7-9-22-15-14(11-24-12(3)20)26-18(19)17(23-10-8-6-2)16(15)25-13(4)21/h14-18H,5-11H2,1-4H3/t14?,15-,16?,17?,18+/m1/s1. The highest BCUT2D eigenvalue weighted by Gasteiger charge is 2.49. The Bertz CT molecular complexity index is 432. The summed E-state index contributed by atoms with van der Waals surface area (Å²) >= 11 is 3.46. The topological polar surface area (TPSA) is 80.3 Å². The third kappa shape index (κ3) is 7.90. The number of ether oxygens (including phenoxy) is 5. The van der Waals surface area contributed by atoms with Gasteiger partial charge in [0.2, 0.25) is 0 Å². The summed E-state index contributed by atoms with van der Waals surface area (Å²) in [5.74, 6) is -0.826. The van der Waals surface area contributed by atoms with Crippen LogP contribution in [0.15, 0.2) is 0 Å². The van der Waals surface area contributed by atoms with Gasteiger partial charge in [-0.15, -0.1) is 0 Å². The van der Waals surface area contributed by atoms with Gasteiger partial charge in [0, 0.05) is 27.1 Å². The van der Waals surface area contributed by atoms with E-state index in [1.54, 1.807) is 0 Å². The van der Waals surface area contributed by atoms with Crippen LogP contribution in [-0.4, -0.2) is 61.2 Å². The van der Waals surface area contributed by atoms with E-state index in [1.165, 1.54) is 13.8 Å². The van der Waals surface area contributed by atoms with E-state index in [2.05, 4.69) is 29.8 Å². The van der Waals surface area contributed by atoms with Crippen molar-refractivity contribution in [1.29, 1.82) is 0 Å². The summed E-state index contributed by atoms with van der Waals surface area (Å²) in [6.07, 6.45) is 1.41. The van der Waals surface area contributed by atoms with E-state index in [0.717, 1.165) is 25.7 Å². The minimum Gasteiger partial charge on any atom is -0.463 e. The van der Waals surface area contributed by atoms with Crippen molar-refractivity contribution in [2.24, 2.45) is 0 Å². The van der Waals surface area contributed by atoms with E-state index in [-0.39, 0.29) is 6.61 Å². The fourth-order valence-electron chi connectivity index (χ4n) is 2.63. The zero-order valence-electron chi connectivity index (χ0n) is 16.1. The molecule has 26 heavy (non-hydrogen) atoms. The molecule has 1 rings (SSSR count). The summed E-state index contributed by atoms with van der Waals surface area (Å²) in [5, 5.41) is -0.504. The normalized spacial score (nSPS) is 28.6. The predicted molar refractivity (Wildman–Crippen MR) is 99.1 cm³/mol. The molecular formula is C18H31BrO7. The second-order valence-corrected chi connectivity index (χ2v) is 7.18. The van der Waals surface area contributed by atoms with E-state index < -0.39 is 41.4 Å². The number of carbonyl (C=O) groups is 2. The highest BCUT2D eigenvalue weighted by molar-refractivity contribution is 9.09. The van der Waals surface area contributed by atoms with E-state index >= 15 is 0 Å². The molecule has 1 fully saturated rings. The molecule has 1 aliphatic heterocycles. The molecule has 7 nitrogen and oxygen atoms in total. The molecule has 0 bridgehead atoms. The minimum atomic E-state index is -0.653. The maximum absolute atomic E-state index is 11.7. The van der Waals surface area contributed by atoms with Crippen LogP contribution < -0.4 is 0 Å². The van der Waals surface area contributed by atoms with Gasteiger partial charge in [0.05, 0.1) is 0 Å². The molecule has 0 aromatic carbocycles. The van der Waals surface area contributed by atoms with Crippen LogP contribution in [0.4, 0.5) is 0 Å². The summed E-state index contributed by atoms with van der Waals surface area (Å²) in [7, 11) is 0. The zero-order valence-corrected chi connectivity index (χ0v) is 17.7. The van der Waals surface area contributed by atoms with Gasteiger partial charge in [0.1, 0.15) is 29.9 Å². The molecule has 0 aliphatic carbocycles. The first-order chi connectivity index (χ1) is 12.4. The van der Waals surface area contributed by atoms with Crippen molar-refractivity contribution in [3.63, 3.8) is 0 Å². The average molecular weight is 439 g/mol. The molecule has 0 spiro atoms. The van der Waals surface area contributed by atoms with Crippen molar-refractivity contribution < 1.29 is 33.3 Å². The molecule has 8 heteroatoms. The number of halogens is 1. The van der Waals surface area contributed by atoms with Gasteiger partial charge < -0.3 is 23.7 Å². The lowest BCUT2D eigenvalue weighted by Gasteiger charge is -2.43. The number of esters is 2. The van der Waals surface area contributed by atoms with Crippen molar-refractivity contribution in [2.45, 2.75) is 82.8 Å². The quantitative estimate of drug-likeness (QED) is 0.278. The Morgan fingerprint density at radius 3 is 2.00 bits per heavy atom. The number of alkyl halides is 1. The summed E-state index contributed by atoms with van der Waals surface area (Å²) < 4.78 is 28.5. The van der Waals surface area contributed by atoms with Gasteiger partial charge in [-0.1, -0.05) is 42.6 Å². The predicted octanol–water partition coefficient (Wildman–Crippen LogP) is 2.97. The molecule has 1 heterocycles. The number of unbranched alkanes of at least 4 members (excludes halogenated alkanes) is 2. The SMILES string of the molecule is CCCCOC1C(OC(C)=O)[C@H](OCCCC)C(COC(C)=O)O[C@@H]1Br. The van der Waals surface area contributed by atoms with Crippen molar-refractivity contribution in [3.8, 4) is 0 Å². The van der Waals surface area contributed by atoms with E-state index in [4.69, 9.17) is 23.7 Å². The Labute approximate surface area is 164 Å². The van der Waals surface area contributed by atoms with Gasteiger partial charge in [-0.25, -0.2) is 0 Å². The molecule has 0 aromatic rings. The highest BCUT2D eigenvalue weighted by atomic mass is 79.9. The number of hydrogen-bond donors (Lipinski definition) is 0. The first kappa shape index (κ1) is 23.3. The van der Waals surface area contributed by atoms with Gasteiger partial charge >= 0.3 is 11.9 Å². The molecule has 5 atom stereocenters. The smallest absolute Gasteiger partial charge is 0.303 e. The maximum atomic E-state index is 11.7. The van der Waals surface area contributed by atoms with Gasteiger partial charge in [-0.3, -0.25) is 9.59 Å². The largest absolute Gasteiger partial charge is 0.463 e. The lowest BCUT2D eigenvalue weighted by molar-refractivity contribution is -0.241. The summed E-state index contributed by atoms with van der Waals surface area (Å²) in [6.45, 7) is 7.86. The molecule has 0 saturated carbocycles. The Kier molecular flexibility index (Phi) is 11.4. The molecule has 3 unspecified atom stereocenters. The second kappa shape index (κ2) is 12.6. The van der Waals surface area contributed by atoms with Crippen molar-refractivity contribution in [3.05, 3.63) is 0 Å². The van der Waals surface area contributed by atoms with Crippen LogP contribution in [-0.2, 0) is 33.3 Å². The molecule has 1 aliphatic rings. The zero-order chi connectivity index (χ0) is 19.5. The van der Waals surface area contributed by atoms with Crippen LogP contribution in [0.1, 0.15) is 53.4 Å². The van der Waals surface area contributed by atoms with Crippen LogP contribution in [0.5, 0.6) is 0 Å². The van der Waals surface area contributed by atoms with Gasteiger partial charge in [-0.05, 0) is 12.8 Å². The summed E-state index contributed by atoms with van der Waals surface area (Å²) in [4.78, 5) is 22.9. The van der Waals surface area contributed by atoms with Gasteiger partial charge in [-0.2, -0.15) is 0 Å². The maximum Gasteiger partial charge on any atom is 0.303 e. The first-order valence-corrected chi connectivity index (χ1v) is 10.2. The molecule has 0 aromatic heterocycles. The average Bonchev–Trinajstić information content (AvgIpc) is 2.57. The molecular weight excluding hydrogens is 408 g/mol. The monoisotopic (exact) mass is 438 g/mol. The third-order valence-corrected chi connectivity index (χ3v) is 4.68. The summed E-state index contributed by atoms with van der Waals surface area (Å²) in [6, 6.07) is 0. The van der Waals surface area contributed by atoms with E-state index in [9.17, 15) is 9.59 Å². The number of hydrogen-bond acceptors (Lipinski definition) is 7. The Morgan fingerprint density at radius 2 is 1.50 bits per heavy atom. The minimum absolute atomic E-state index is 0.0215. The summed E-state index contributed by atoms with van der Waals surface area (Å²) in [5.41, 5.74) is 0. The number of carbonyl (C=O) groups excluding carboxylic acids is 2. The van der Waals surface area contributed by atoms with Gasteiger partial charge in [0.15, 0.2) is 6.10 Å². The fourth-order valence-corrected chi connectivity index (χ4v) is 3.36. The highest BCUT2D eigenvalue weighted by Crippen LogP contribution is 2.31. The van der Waals surface area contributed by atoms with Crippen LogP contribution in [0.2, 0.25) is 0 Å². The molecule has 0 amide bonds. The van der Waals surface area contributed by atoms with Crippen LogP contribution in [0, 0.1) is 0 Å². The van der Waals surface area contributed by atoms with Crippen LogP contribution >= 0.6 is 15.9 Å². The van der Waals surface area contributed by atoms with E-state index in [0.29, 0.717) is 13.2 Å². The van der Waals surface area contributed by atoms with Crippen LogP contribution in [0.3, 0.4) is 0 Å². The molecule has 0 radical (unpaired) electrons. The molecule has 0 N–H and O–H groups in total. The Morgan fingerprint density at radius 1 is 0.923 bits per heavy atom. The lowest BCUT2D eigenvalue weighted by Crippen LogP contribution is -2.60. The van der Waals surface area contributed by atoms with Crippen molar-refractivity contribution >= 4 is 27.9 Å². The first-order valence-electron chi connectivity index (χ1n) is 9.24. The second-order valence-electron chi connectivity index (χ2n) is 6.28. The van der Waals surface area contributed by atoms with Crippen LogP contribution in [0.25, 0.3) is 0 Å². The van der Waals surface area contributed by atoms with E-state index in [1.807, 2.05) is 0 Å². The third-order valence-electron chi connectivity index (χ3n) is 3.95.